The molecule has 3 rings (SSSR count). The van der Waals surface area contributed by atoms with E-state index in [-0.39, 0.29) is 5.91 Å². The number of aromatic nitrogens is 1. The van der Waals surface area contributed by atoms with E-state index in [4.69, 9.17) is 0 Å². The Balaban J connectivity index is 1.66. The molecule has 4 nitrogen and oxygen atoms in total. The summed E-state index contributed by atoms with van der Waals surface area (Å²) in [6.07, 6.45) is 2.35. The van der Waals surface area contributed by atoms with E-state index >= 15 is 0 Å². The predicted octanol–water partition coefficient (Wildman–Crippen LogP) is 3.81. The number of carbonyl (C=O) groups excluding carboxylic acids is 1. The number of aryl methyl sites for hydroxylation is 1. The van der Waals surface area contributed by atoms with E-state index in [2.05, 4.69) is 27.6 Å². The molecule has 0 radical (unpaired) electrons. The number of hydrogen-bond acceptors (Lipinski definition) is 4. The van der Waals surface area contributed by atoms with Crippen LogP contribution >= 0.6 is 11.3 Å². The van der Waals surface area contributed by atoms with Crippen LogP contribution in [0.5, 0.6) is 0 Å². The summed E-state index contributed by atoms with van der Waals surface area (Å²) in [5, 5.41) is 4.93. The van der Waals surface area contributed by atoms with Crippen molar-refractivity contribution in [3.05, 3.63) is 87.4 Å². The zero-order valence-corrected chi connectivity index (χ0v) is 14.1. The molecule has 3 aromatic rings. The topological polar surface area (TPSA) is 54.4 Å². The third-order valence-electron chi connectivity index (χ3n) is 3.42. The standard InChI is InChI=1S/C19H17N3OS/c1-14-18(19(23)22-20-13-16-10-6-3-7-11-16)24-17(21-14)12-15-8-4-2-5-9-15/h2-11,13H,12H2,1H3,(H,22,23)/b20-13-. The fraction of sp³-hybridized carbons (Fsp3) is 0.105. The van der Waals surface area contributed by atoms with Crippen LogP contribution in [0.1, 0.15) is 31.5 Å². The molecule has 120 valence electrons. The smallest absolute Gasteiger partial charge is 0.266 e. The molecule has 1 N–H and O–H groups in total. The third-order valence-corrected chi connectivity index (χ3v) is 4.58. The first kappa shape index (κ1) is 16.1. The van der Waals surface area contributed by atoms with Gasteiger partial charge in [0, 0.05) is 6.42 Å². The predicted molar refractivity (Wildman–Crippen MR) is 97.6 cm³/mol. The summed E-state index contributed by atoms with van der Waals surface area (Å²) in [5.41, 5.74) is 5.42. The number of hydrazone groups is 1. The minimum absolute atomic E-state index is 0.225. The van der Waals surface area contributed by atoms with Crippen LogP contribution in [-0.4, -0.2) is 17.1 Å². The van der Waals surface area contributed by atoms with Crippen LogP contribution < -0.4 is 5.43 Å². The van der Waals surface area contributed by atoms with Crippen molar-refractivity contribution >= 4 is 23.5 Å². The summed E-state index contributed by atoms with van der Waals surface area (Å²) in [7, 11) is 0. The maximum Gasteiger partial charge on any atom is 0.283 e. The van der Waals surface area contributed by atoms with E-state index in [1.54, 1.807) is 6.21 Å². The van der Waals surface area contributed by atoms with Gasteiger partial charge in [0.2, 0.25) is 0 Å². The minimum atomic E-state index is -0.225. The fourth-order valence-electron chi connectivity index (χ4n) is 2.26. The van der Waals surface area contributed by atoms with Gasteiger partial charge in [-0.05, 0) is 18.1 Å². The molecule has 0 saturated carbocycles. The molecule has 0 unspecified atom stereocenters. The highest BCUT2D eigenvalue weighted by Crippen LogP contribution is 2.20. The molecule has 2 aromatic carbocycles. The van der Waals surface area contributed by atoms with Gasteiger partial charge in [-0.25, -0.2) is 10.4 Å². The van der Waals surface area contributed by atoms with E-state index in [0.29, 0.717) is 4.88 Å². The van der Waals surface area contributed by atoms with Crippen molar-refractivity contribution in [2.24, 2.45) is 5.10 Å². The van der Waals surface area contributed by atoms with E-state index in [0.717, 1.165) is 22.7 Å². The first-order valence-corrected chi connectivity index (χ1v) is 8.43. The Bertz CT molecular complexity index is 842. The van der Waals surface area contributed by atoms with Crippen molar-refractivity contribution in [1.29, 1.82) is 0 Å². The van der Waals surface area contributed by atoms with Gasteiger partial charge in [0.05, 0.1) is 16.9 Å². The molecule has 0 fully saturated rings. The molecule has 0 aliphatic heterocycles. The normalized spacial score (nSPS) is 10.9. The second kappa shape index (κ2) is 7.66. The van der Waals surface area contributed by atoms with Crippen molar-refractivity contribution < 1.29 is 4.79 Å². The third kappa shape index (κ3) is 4.14. The van der Waals surface area contributed by atoms with Gasteiger partial charge in [-0.3, -0.25) is 4.79 Å². The van der Waals surface area contributed by atoms with Crippen molar-refractivity contribution in [3.63, 3.8) is 0 Å². The Labute approximate surface area is 144 Å². The Morgan fingerprint density at radius 2 is 1.79 bits per heavy atom. The average molecular weight is 335 g/mol. The highest BCUT2D eigenvalue weighted by molar-refractivity contribution is 7.13. The van der Waals surface area contributed by atoms with Gasteiger partial charge in [0.25, 0.3) is 5.91 Å². The molecule has 0 spiro atoms. The molecule has 0 saturated heterocycles. The Morgan fingerprint density at radius 1 is 1.12 bits per heavy atom. The monoisotopic (exact) mass is 335 g/mol. The molecule has 1 heterocycles. The molecular formula is C19H17N3OS. The number of benzene rings is 2. The number of amides is 1. The minimum Gasteiger partial charge on any atom is -0.266 e. The zero-order chi connectivity index (χ0) is 16.8. The molecule has 5 heteroatoms. The van der Waals surface area contributed by atoms with E-state index in [9.17, 15) is 4.79 Å². The molecule has 0 aliphatic rings. The van der Waals surface area contributed by atoms with Crippen LogP contribution in [0.15, 0.2) is 65.8 Å². The lowest BCUT2D eigenvalue weighted by molar-refractivity contribution is 0.0958. The summed E-state index contributed by atoms with van der Waals surface area (Å²) in [4.78, 5) is 17.4. The Hall–Kier alpha value is -2.79. The number of carbonyl (C=O) groups is 1. The van der Waals surface area contributed by atoms with Crippen LogP contribution in [0.2, 0.25) is 0 Å². The summed E-state index contributed by atoms with van der Waals surface area (Å²) in [5.74, 6) is -0.225. The zero-order valence-electron chi connectivity index (χ0n) is 13.3. The van der Waals surface area contributed by atoms with Crippen molar-refractivity contribution in [1.82, 2.24) is 10.4 Å². The summed E-state index contributed by atoms with van der Waals surface area (Å²) in [6, 6.07) is 19.7. The van der Waals surface area contributed by atoms with Gasteiger partial charge in [0.15, 0.2) is 0 Å². The highest BCUT2D eigenvalue weighted by atomic mass is 32.1. The number of thiazole rings is 1. The maximum absolute atomic E-state index is 12.3. The van der Waals surface area contributed by atoms with Gasteiger partial charge >= 0.3 is 0 Å². The molecule has 1 amide bonds. The maximum atomic E-state index is 12.3. The second-order valence-electron chi connectivity index (χ2n) is 5.29. The quantitative estimate of drug-likeness (QED) is 0.569. The van der Waals surface area contributed by atoms with Crippen LogP contribution in [-0.2, 0) is 6.42 Å². The summed E-state index contributed by atoms with van der Waals surface area (Å²) < 4.78 is 0. The first-order chi connectivity index (χ1) is 11.7. The lowest BCUT2D eigenvalue weighted by Crippen LogP contribution is -2.17. The highest BCUT2D eigenvalue weighted by Gasteiger charge is 2.14. The van der Waals surface area contributed by atoms with Gasteiger partial charge in [-0.15, -0.1) is 11.3 Å². The van der Waals surface area contributed by atoms with Gasteiger partial charge in [-0.2, -0.15) is 5.10 Å². The van der Waals surface area contributed by atoms with E-state index in [1.165, 1.54) is 16.9 Å². The largest absolute Gasteiger partial charge is 0.283 e. The number of hydrogen-bond donors (Lipinski definition) is 1. The number of rotatable bonds is 5. The van der Waals surface area contributed by atoms with Gasteiger partial charge in [0.1, 0.15) is 4.88 Å². The lowest BCUT2D eigenvalue weighted by Gasteiger charge is -1.97. The van der Waals surface area contributed by atoms with Crippen LogP contribution in [0.4, 0.5) is 0 Å². The van der Waals surface area contributed by atoms with Crippen LogP contribution in [0.25, 0.3) is 0 Å². The van der Waals surface area contributed by atoms with Crippen molar-refractivity contribution in [2.45, 2.75) is 13.3 Å². The first-order valence-electron chi connectivity index (χ1n) is 7.61. The van der Waals surface area contributed by atoms with Crippen molar-refractivity contribution in [2.75, 3.05) is 0 Å². The average Bonchev–Trinajstić information content (AvgIpc) is 2.97. The van der Waals surface area contributed by atoms with Gasteiger partial charge in [-0.1, -0.05) is 60.7 Å². The molecule has 24 heavy (non-hydrogen) atoms. The molecule has 0 bridgehead atoms. The van der Waals surface area contributed by atoms with Crippen molar-refractivity contribution in [3.8, 4) is 0 Å². The summed E-state index contributed by atoms with van der Waals surface area (Å²) in [6.45, 7) is 1.85. The summed E-state index contributed by atoms with van der Waals surface area (Å²) >= 11 is 1.41. The SMILES string of the molecule is Cc1nc(Cc2ccccc2)sc1C(=O)N/N=C\c1ccccc1. The van der Waals surface area contributed by atoms with Gasteiger partial charge < -0.3 is 0 Å². The second-order valence-corrected chi connectivity index (χ2v) is 6.38. The van der Waals surface area contributed by atoms with E-state index in [1.807, 2.05) is 55.5 Å². The van der Waals surface area contributed by atoms with Crippen LogP contribution in [0.3, 0.4) is 0 Å². The molecule has 0 atom stereocenters. The lowest BCUT2D eigenvalue weighted by atomic mass is 10.2. The molecular weight excluding hydrogens is 318 g/mol. The fourth-order valence-corrected chi connectivity index (χ4v) is 3.25. The van der Waals surface area contributed by atoms with Crippen LogP contribution in [0, 0.1) is 6.92 Å². The number of nitrogens with zero attached hydrogens (tertiary/aromatic N) is 2. The Kier molecular flexibility index (Phi) is 5.13. The number of nitrogens with one attached hydrogen (secondary N) is 1. The Morgan fingerprint density at radius 3 is 2.50 bits per heavy atom. The van der Waals surface area contributed by atoms with E-state index < -0.39 is 0 Å². The molecule has 0 aliphatic carbocycles. The molecule has 1 aromatic heterocycles.